The SMILES string of the molecule is [CH2]CN1CC(CC)CCC1C. The first-order valence-corrected chi connectivity index (χ1v) is 4.81. The lowest BCUT2D eigenvalue weighted by molar-refractivity contribution is 0.129. The highest BCUT2D eigenvalue weighted by atomic mass is 15.2. The van der Waals surface area contributed by atoms with Crippen molar-refractivity contribution < 1.29 is 0 Å². The molecule has 2 atom stereocenters. The van der Waals surface area contributed by atoms with Crippen LogP contribution in [0.2, 0.25) is 0 Å². The monoisotopic (exact) mass is 154 g/mol. The van der Waals surface area contributed by atoms with Gasteiger partial charge in [-0.2, -0.15) is 0 Å². The second-order valence-corrected chi connectivity index (χ2v) is 3.70. The summed E-state index contributed by atoms with van der Waals surface area (Å²) >= 11 is 0. The smallest absolute Gasteiger partial charge is 0.00671 e. The van der Waals surface area contributed by atoms with Crippen molar-refractivity contribution in [1.82, 2.24) is 4.90 Å². The lowest BCUT2D eigenvalue weighted by Gasteiger charge is -2.36. The number of hydrogen-bond donors (Lipinski definition) is 0. The molecule has 1 saturated heterocycles. The lowest BCUT2D eigenvalue weighted by atomic mass is 9.92. The van der Waals surface area contributed by atoms with Gasteiger partial charge in [-0.3, -0.25) is 0 Å². The summed E-state index contributed by atoms with van der Waals surface area (Å²) in [6.45, 7) is 10.8. The Morgan fingerprint density at radius 2 is 2.18 bits per heavy atom. The van der Waals surface area contributed by atoms with Gasteiger partial charge >= 0.3 is 0 Å². The Morgan fingerprint density at radius 1 is 1.45 bits per heavy atom. The molecule has 1 nitrogen and oxygen atoms in total. The summed E-state index contributed by atoms with van der Waals surface area (Å²) in [5, 5.41) is 0. The zero-order valence-electron chi connectivity index (χ0n) is 7.84. The third kappa shape index (κ3) is 2.19. The van der Waals surface area contributed by atoms with E-state index in [9.17, 15) is 0 Å². The van der Waals surface area contributed by atoms with Crippen molar-refractivity contribution in [3.05, 3.63) is 6.92 Å². The van der Waals surface area contributed by atoms with Gasteiger partial charge in [0.15, 0.2) is 0 Å². The van der Waals surface area contributed by atoms with Gasteiger partial charge in [0.2, 0.25) is 0 Å². The molecule has 0 aliphatic carbocycles. The molecule has 1 rings (SSSR count). The van der Waals surface area contributed by atoms with Crippen LogP contribution >= 0.6 is 0 Å². The van der Waals surface area contributed by atoms with Crippen molar-refractivity contribution in [2.45, 2.75) is 39.2 Å². The Balaban J connectivity index is 2.37. The first kappa shape index (κ1) is 9.05. The van der Waals surface area contributed by atoms with Crippen molar-refractivity contribution in [2.24, 2.45) is 5.92 Å². The molecule has 0 aromatic heterocycles. The van der Waals surface area contributed by atoms with E-state index in [2.05, 4.69) is 25.7 Å². The minimum atomic E-state index is 0.773. The molecule has 1 aliphatic heterocycles. The molecule has 1 heteroatoms. The lowest BCUT2D eigenvalue weighted by Crippen LogP contribution is -2.41. The molecule has 1 fully saturated rings. The van der Waals surface area contributed by atoms with Crippen LogP contribution in [0.4, 0.5) is 0 Å². The van der Waals surface area contributed by atoms with Crippen molar-refractivity contribution in [3.8, 4) is 0 Å². The molecule has 0 saturated carbocycles. The number of nitrogens with zero attached hydrogens (tertiary/aromatic N) is 1. The molecule has 0 aromatic rings. The number of likely N-dealkylation sites (tertiary alicyclic amines) is 1. The Bertz CT molecular complexity index is 111. The van der Waals surface area contributed by atoms with Crippen LogP contribution in [0.3, 0.4) is 0 Å². The summed E-state index contributed by atoms with van der Waals surface area (Å²) in [6.07, 6.45) is 4.13. The van der Waals surface area contributed by atoms with Crippen LogP contribution in [0, 0.1) is 12.8 Å². The molecule has 1 radical (unpaired) electrons. The van der Waals surface area contributed by atoms with Crippen molar-refractivity contribution in [1.29, 1.82) is 0 Å². The average molecular weight is 154 g/mol. The van der Waals surface area contributed by atoms with Gasteiger partial charge in [0, 0.05) is 12.6 Å². The zero-order chi connectivity index (χ0) is 8.27. The zero-order valence-corrected chi connectivity index (χ0v) is 7.84. The molecule has 0 spiro atoms. The summed E-state index contributed by atoms with van der Waals surface area (Å²) in [5.41, 5.74) is 0. The predicted molar refractivity (Wildman–Crippen MR) is 49.4 cm³/mol. The summed E-state index contributed by atoms with van der Waals surface area (Å²) in [5.74, 6) is 0.938. The maximum absolute atomic E-state index is 3.95. The maximum Gasteiger partial charge on any atom is 0.00671 e. The van der Waals surface area contributed by atoms with E-state index in [0.717, 1.165) is 18.5 Å². The highest BCUT2D eigenvalue weighted by molar-refractivity contribution is 4.78. The first-order valence-electron chi connectivity index (χ1n) is 4.81. The normalized spacial score (nSPS) is 34.1. The van der Waals surface area contributed by atoms with Crippen molar-refractivity contribution in [2.75, 3.05) is 13.1 Å². The molecule has 0 N–H and O–H groups in total. The van der Waals surface area contributed by atoms with Crippen LogP contribution in [0.25, 0.3) is 0 Å². The van der Waals surface area contributed by atoms with E-state index in [-0.39, 0.29) is 0 Å². The molecular formula is C10H20N. The highest BCUT2D eigenvalue weighted by Gasteiger charge is 2.22. The van der Waals surface area contributed by atoms with E-state index in [1.54, 1.807) is 0 Å². The first-order chi connectivity index (χ1) is 5.27. The quantitative estimate of drug-likeness (QED) is 0.590. The fourth-order valence-corrected chi connectivity index (χ4v) is 1.91. The molecular weight excluding hydrogens is 134 g/mol. The Kier molecular flexibility index (Phi) is 3.38. The van der Waals surface area contributed by atoms with Gasteiger partial charge < -0.3 is 4.90 Å². The molecule has 65 valence electrons. The second kappa shape index (κ2) is 4.10. The van der Waals surface area contributed by atoms with E-state index in [1.165, 1.54) is 25.8 Å². The van der Waals surface area contributed by atoms with E-state index >= 15 is 0 Å². The highest BCUT2D eigenvalue weighted by Crippen LogP contribution is 2.23. The summed E-state index contributed by atoms with van der Waals surface area (Å²) in [7, 11) is 0. The number of rotatable bonds is 2. The van der Waals surface area contributed by atoms with E-state index in [0.29, 0.717) is 0 Å². The standard InChI is InChI=1S/C10H20N/c1-4-10-7-6-9(3)11(5-2)8-10/h9-10H,2,4-8H2,1,3H3. The Labute approximate surface area is 70.8 Å². The van der Waals surface area contributed by atoms with Crippen LogP contribution < -0.4 is 0 Å². The third-order valence-electron chi connectivity index (χ3n) is 2.97. The van der Waals surface area contributed by atoms with Crippen LogP contribution in [0.5, 0.6) is 0 Å². The summed E-state index contributed by atoms with van der Waals surface area (Å²) in [4.78, 5) is 2.50. The van der Waals surface area contributed by atoms with Gasteiger partial charge in [-0.15, -0.1) is 0 Å². The van der Waals surface area contributed by atoms with E-state index in [4.69, 9.17) is 0 Å². The summed E-state index contributed by atoms with van der Waals surface area (Å²) < 4.78 is 0. The largest absolute Gasteiger partial charge is 0.300 e. The van der Waals surface area contributed by atoms with Crippen molar-refractivity contribution in [3.63, 3.8) is 0 Å². The third-order valence-corrected chi connectivity index (χ3v) is 2.97. The number of hydrogen-bond acceptors (Lipinski definition) is 1. The average Bonchev–Trinajstić information content (AvgIpc) is 2.05. The van der Waals surface area contributed by atoms with Gasteiger partial charge in [0.25, 0.3) is 0 Å². The van der Waals surface area contributed by atoms with Gasteiger partial charge in [-0.25, -0.2) is 0 Å². The molecule has 11 heavy (non-hydrogen) atoms. The minimum Gasteiger partial charge on any atom is -0.300 e. The fourth-order valence-electron chi connectivity index (χ4n) is 1.91. The molecule has 1 heterocycles. The second-order valence-electron chi connectivity index (χ2n) is 3.70. The molecule has 0 amide bonds. The van der Waals surface area contributed by atoms with Crippen LogP contribution in [0.15, 0.2) is 0 Å². The number of piperidine rings is 1. The molecule has 0 aromatic carbocycles. The Hall–Kier alpha value is -0.0400. The van der Waals surface area contributed by atoms with Crippen LogP contribution in [-0.4, -0.2) is 24.0 Å². The van der Waals surface area contributed by atoms with Gasteiger partial charge in [0.1, 0.15) is 0 Å². The van der Waals surface area contributed by atoms with Crippen LogP contribution in [0.1, 0.15) is 33.1 Å². The van der Waals surface area contributed by atoms with E-state index < -0.39 is 0 Å². The maximum atomic E-state index is 3.95. The topological polar surface area (TPSA) is 3.24 Å². The minimum absolute atomic E-state index is 0.773. The Morgan fingerprint density at radius 3 is 2.73 bits per heavy atom. The summed E-state index contributed by atoms with van der Waals surface area (Å²) in [6, 6.07) is 0.773. The molecule has 1 aliphatic rings. The van der Waals surface area contributed by atoms with Gasteiger partial charge in [-0.1, -0.05) is 13.3 Å². The predicted octanol–water partition coefficient (Wildman–Crippen LogP) is 2.33. The van der Waals surface area contributed by atoms with Gasteiger partial charge in [0.05, 0.1) is 0 Å². The van der Waals surface area contributed by atoms with Crippen molar-refractivity contribution >= 4 is 0 Å². The fraction of sp³-hybridized carbons (Fsp3) is 0.900. The molecule has 0 bridgehead atoms. The molecule has 2 unspecified atom stereocenters. The van der Waals surface area contributed by atoms with Crippen LogP contribution in [-0.2, 0) is 0 Å². The van der Waals surface area contributed by atoms with E-state index in [1.807, 2.05) is 0 Å². The van der Waals surface area contributed by atoms with Gasteiger partial charge in [-0.05, 0) is 39.2 Å².